The summed E-state index contributed by atoms with van der Waals surface area (Å²) in [4.78, 5) is 12.3. The summed E-state index contributed by atoms with van der Waals surface area (Å²) in [5.74, 6) is 0.534. The molecule has 1 heterocycles. The number of benzene rings is 1. The van der Waals surface area contributed by atoms with Gasteiger partial charge in [-0.2, -0.15) is 0 Å². The molecule has 1 aromatic carbocycles. The normalized spacial score (nSPS) is 16.8. The minimum Gasteiger partial charge on any atom is -0.434 e. The van der Waals surface area contributed by atoms with Crippen molar-refractivity contribution in [3.63, 3.8) is 0 Å². The summed E-state index contributed by atoms with van der Waals surface area (Å²) >= 11 is 12.4. The van der Waals surface area contributed by atoms with Crippen molar-refractivity contribution in [2.45, 2.75) is 45.3 Å². The van der Waals surface area contributed by atoms with Crippen molar-refractivity contribution in [3.8, 4) is 11.6 Å². The smallest absolute Gasteiger partial charge is 0.270 e. The second kappa shape index (κ2) is 7.23. The van der Waals surface area contributed by atoms with Crippen molar-refractivity contribution < 1.29 is 9.47 Å². The number of H-pyrrole nitrogens is 1. The minimum absolute atomic E-state index is 0.00821. The van der Waals surface area contributed by atoms with Crippen molar-refractivity contribution in [2.24, 2.45) is 0 Å². The van der Waals surface area contributed by atoms with Crippen LogP contribution in [0.1, 0.15) is 43.9 Å². The number of nitrogens with two attached hydrogens (primary N) is 1. The number of nitrogen functional groups attached to an aromatic ring is 1. The number of ether oxygens (including phenoxy) is 2. The average Bonchev–Trinajstić information content (AvgIpc) is 2.52. The van der Waals surface area contributed by atoms with Gasteiger partial charge in [0.2, 0.25) is 5.88 Å². The molecule has 134 valence electrons. The van der Waals surface area contributed by atoms with Gasteiger partial charge >= 0.3 is 0 Å². The van der Waals surface area contributed by atoms with Gasteiger partial charge < -0.3 is 15.2 Å². The quantitative estimate of drug-likeness (QED) is 0.769. The SMILES string of the molecule is CC(C)OC1CCCc2c(Oc3c(Cl)cc(N)cc3Cl)n[nH]c(=O)c21. The zero-order valence-electron chi connectivity index (χ0n) is 13.9. The van der Waals surface area contributed by atoms with Crippen molar-refractivity contribution >= 4 is 28.9 Å². The molecule has 0 bridgehead atoms. The van der Waals surface area contributed by atoms with E-state index in [0.29, 0.717) is 17.7 Å². The van der Waals surface area contributed by atoms with E-state index in [9.17, 15) is 4.79 Å². The Balaban J connectivity index is 2.04. The summed E-state index contributed by atoms with van der Waals surface area (Å²) in [5.41, 5.74) is 7.17. The Morgan fingerprint density at radius 3 is 2.64 bits per heavy atom. The molecule has 1 aromatic heterocycles. The van der Waals surface area contributed by atoms with Gasteiger partial charge in [0.05, 0.1) is 27.8 Å². The highest BCUT2D eigenvalue weighted by atomic mass is 35.5. The van der Waals surface area contributed by atoms with Crippen LogP contribution in [0, 0.1) is 0 Å². The van der Waals surface area contributed by atoms with E-state index in [0.717, 1.165) is 18.4 Å². The first-order valence-corrected chi connectivity index (χ1v) is 8.81. The molecule has 0 amide bonds. The summed E-state index contributed by atoms with van der Waals surface area (Å²) in [6.45, 7) is 3.88. The number of aromatic nitrogens is 2. The molecule has 1 atom stereocenters. The molecule has 8 heteroatoms. The topological polar surface area (TPSA) is 90.2 Å². The van der Waals surface area contributed by atoms with Gasteiger partial charge in [0.15, 0.2) is 5.75 Å². The number of fused-ring (bicyclic) bond motifs is 1. The van der Waals surface area contributed by atoms with E-state index in [4.69, 9.17) is 38.4 Å². The number of hydrogen-bond acceptors (Lipinski definition) is 5. The Morgan fingerprint density at radius 1 is 1.32 bits per heavy atom. The lowest BCUT2D eigenvalue weighted by Crippen LogP contribution is -2.27. The third kappa shape index (κ3) is 3.76. The predicted octanol–water partition coefficient (Wildman–Crippen LogP) is 4.25. The number of aromatic amines is 1. The molecule has 25 heavy (non-hydrogen) atoms. The van der Waals surface area contributed by atoms with Gasteiger partial charge in [0.1, 0.15) is 0 Å². The standard InChI is InChI=1S/C17H19Cl2N3O3/c1-8(2)24-13-5-3-4-10-14(13)16(23)21-22-17(10)25-15-11(18)6-9(20)7-12(15)19/h6-8,13H,3-5,20H2,1-2H3,(H,21,23). The summed E-state index contributed by atoms with van der Waals surface area (Å²) in [6.07, 6.45) is 2.05. The van der Waals surface area contributed by atoms with Gasteiger partial charge in [-0.15, -0.1) is 5.10 Å². The molecular formula is C17H19Cl2N3O3. The number of anilines is 1. The molecule has 0 spiro atoms. The Kier molecular flexibility index (Phi) is 5.22. The Labute approximate surface area is 155 Å². The van der Waals surface area contributed by atoms with E-state index in [1.807, 2.05) is 13.8 Å². The monoisotopic (exact) mass is 383 g/mol. The van der Waals surface area contributed by atoms with Crippen molar-refractivity contribution in [1.82, 2.24) is 10.2 Å². The lowest BCUT2D eigenvalue weighted by molar-refractivity contribution is -0.00419. The highest BCUT2D eigenvalue weighted by molar-refractivity contribution is 6.37. The minimum atomic E-state index is -0.282. The first kappa shape index (κ1) is 18.0. The molecule has 1 aliphatic carbocycles. The van der Waals surface area contributed by atoms with Crippen molar-refractivity contribution in [2.75, 3.05) is 5.73 Å². The predicted molar refractivity (Wildman–Crippen MR) is 97.7 cm³/mol. The lowest BCUT2D eigenvalue weighted by atomic mass is 9.91. The molecule has 3 rings (SSSR count). The second-order valence-corrected chi connectivity index (χ2v) is 7.05. The highest BCUT2D eigenvalue weighted by Gasteiger charge is 2.29. The first-order chi connectivity index (χ1) is 11.9. The molecule has 0 saturated heterocycles. The van der Waals surface area contributed by atoms with E-state index in [1.165, 1.54) is 0 Å². The van der Waals surface area contributed by atoms with Crippen molar-refractivity contribution in [3.05, 3.63) is 43.7 Å². The summed E-state index contributed by atoms with van der Waals surface area (Å²) in [7, 11) is 0. The third-order valence-electron chi connectivity index (χ3n) is 3.96. The molecule has 0 aliphatic heterocycles. The van der Waals surface area contributed by atoms with Crippen LogP contribution < -0.4 is 16.0 Å². The van der Waals surface area contributed by atoms with Gasteiger partial charge in [0, 0.05) is 11.3 Å². The Bertz CT molecular complexity index is 829. The van der Waals surface area contributed by atoms with Gasteiger partial charge in [-0.25, -0.2) is 5.10 Å². The van der Waals surface area contributed by atoms with Crippen LogP contribution in [0.2, 0.25) is 10.0 Å². The molecular weight excluding hydrogens is 365 g/mol. The van der Waals surface area contributed by atoms with E-state index >= 15 is 0 Å². The van der Waals surface area contributed by atoms with Crippen LogP contribution >= 0.6 is 23.2 Å². The summed E-state index contributed by atoms with van der Waals surface area (Å²) in [6, 6.07) is 3.09. The number of hydrogen-bond donors (Lipinski definition) is 2. The van der Waals surface area contributed by atoms with Crippen molar-refractivity contribution in [1.29, 1.82) is 0 Å². The number of nitrogens with one attached hydrogen (secondary N) is 1. The fourth-order valence-corrected chi connectivity index (χ4v) is 3.58. The van der Waals surface area contributed by atoms with Crippen LogP contribution in [-0.2, 0) is 11.2 Å². The maximum Gasteiger partial charge on any atom is 0.270 e. The van der Waals surface area contributed by atoms with E-state index in [1.54, 1.807) is 12.1 Å². The summed E-state index contributed by atoms with van der Waals surface area (Å²) in [5, 5.41) is 7.07. The highest BCUT2D eigenvalue weighted by Crippen LogP contribution is 2.41. The van der Waals surface area contributed by atoms with Crippen LogP contribution in [0.15, 0.2) is 16.9 Å². The maximum atomic E-state index is 12.3. The van der Waals surface area contributed by atoms with Gasteiger partial charge in [-0.05, 0) is 45.2 Å². The molecule has 2 aromatic rings. The largest absolute Gasteiger partial charge is 0.434 e. The van der Waals surface area contributed by atoms with Gasteiger partial charge in [0.25, 0.3) is 5.56 Å². The van der Waals surface area contributed by atoms with E-state index in [2.05, 4.69) is 10.2 Å². The van der Waals surface area contributed by atoms with Crippen LogP contribution in [-0.4, -0.2) is 16.3 Å². The molecule has 1 aliphatic rings. The molecule has 3 N–H and O–H groups in total. The van der Waals surface area contributed by atoms with Crippen LogP contribution in [0.3, 0.4) is 0 Å². The fraction of sp³-hybridized carbons (Fsp3) is 0.412. The van der Waals surface area contributed by atoms with Gasteiger partial charge in [-0.3, -0.25) is 4.79 Å². The fourth-order valence-electron chi connectivity index (χ4n) is 2.99. The Hall–Kier alpha value is -1.76. The molecule has 6 nitrogen and oxygen atoms in total. The van der Waals surface area contributed by atoms with Crippen LogP contribution in [0.5, 0.6) is 11.6 Å². The zero-order valence-corrected chi connectivity index (χ0v) is 15.4. The van der Waals surface area contributed by atoms with E-state index < -0.39 is 0 Å². The number of halogens is 2. The van der Waals surface area contributed by atoms with Crippen LogP contribution in [0.25, 0.3) is 0 Å². The molecule has 0 radical (unpaired) electrons. The molecule has 0 fully saturated rings. The third-order valence-corrected chi connectivity index (χ3v) is 4.52. The number of rotatable bonds is 4. The zero-order chi connectivity index (χ0) is 18.1. The average molecular weight is 384 g/mol. The Morgan fingerprint density at radius 2 is 2.00 bits per heavy atom. The summed E-state index contributed by atoms with van der Waals surface area (Å²) < 4.78 is 11.7. The second-order valence-electron chi connectivity index (χ2n) is 6.23. The van der Waals surface area contributed by atoms with E-state index in [-0.39, 0.29) is 39.4 Å². The number of nitrogens with zero attached hydrogens (tertiary/aromatic N) is 1. The molecule has 1 unspecified atom stereocenters. The maximum absolute atomic E-state index is 12.3. The molecule has 0 saturated carbocycles. The van der Waals surface area contributed by atoms with Crippen LogP contribution in [0.4, 0.5) is 5.69 Å². The first-order valence-electron chi connectivity index (χ1n) is 8.06. The van der Waals surface area contributed by atoms with Gasteiger partial charge in [-0.1, -0.05) is 23.2 Å². The lowest BCUT2D eigenvalue weighted by Gasteiger charge is -2.27.